The van der Waals surface area contributed by atoms with Crippen molar-refractivity contribution in [1.29, 1.82) is 0 Å². The lowest BCUT2D eigenvalue weighted by molar-refractivity contribution is 0.171. The molecule has 0 saturated carbocycles. The lowest BCUT2D eigenvalue weighted by Gasteiger charge is -2.18. The summed E-state index contributed by atoms with van der Waals surface area (Å²) in [5, 5.41) is 3.35. The third-order valence-electron chi connectivity index (χ3n) is 3.18. The number of ether oxygens (including phenoxy) is 2. The van der Waals surface area contributed by atoms with Gasteiger partial charge in [-0.05, 0) is 50.0 Å². The molecule has 0 aromatic heterocycles. The van der Waals surface area contributed by atoms with Crippen molar-refractivity contribution in [1.82, 2.24) is 5.32 Å². The van der Waals surface area contributed by atoms with E-state index in [9.17, 15) is 0 Å². The van der Waals surface area contributed by atoms with Crippen LogP contribution in [0.5, 0.6) is 11.5 Å². The second-order valence-corrected chi connectivity index (χ2v) is 4.64. The Bertz CT molecular complexity index is 366. The van der Waals surface area contributed by atoms with E-state index in [1.165, 1.54) is 24.8 Å². The molecule has 1 aromatic rings. The highest BCUT2D eigenvalue weighted by molar-refractivity contribution is 5.43. The van der Waals surface area contributed by atoms with Gasteiger partial charge in [-0.25, -0.2) is 0 Å². The molecule has 1 N–H and O–H groups in total. The van der Waals surface area contributed by atoms with E-state index in [4.69, 9.17) is 9.47 Å². The van der Waals surface area contributed by atoms with Crippen molar-refractivity contribution >= 4 is 0 Å². The summed E-state index contributed by atoms with van der Waals surface area (Å²) in [6.45, 7) is 5.69. The van der Waals surface area contributed by atoms with E-state index in [-0.39, 0.29) is 0 Å². The van der Waals surface area contributed by atoms with Gasteiger partial charge in [-0.1, -0.05) is 19.4 Å². The number of rotatable bonds is 7. The van der Waals surface area contributed by atoms with Gasteiger partial charge in [0, 0.05) is 0 Å². The van der Waals surface area contributed by atoms with Crippen molar-refractivity contribution in [2.45, 2.75) is 32.6 Å². The molecule has 3 heteroatoms. The first-order valence-electron chi connectivity index (χ1n) is 6.99. The average molecular weight is 249 g/mol. The summed E-state index contributed by atoms with van der Waals surface area (Å²) in [6.07, 6.45) is 4.91. The molecule has 1 heterocycles. The predicted molar refractivity (Wildman–Crippen MR) is 73.5 cm³/mol. The Kier molecular flexibility index (Phi) is 5.34. The quantitative estimate of drug-likeness (QED) is 0.754. The molecule has 0 aliphatic carbocycles. The summed E-state index contributed by atoms with van der Waals surface area (Å²) < 4.78 is 11.1. The van der Waals surface area contributed by atoms with Crippen LogP contribution in [-0.4, -0.2) is 26.3 Å². The van der Waals surface area contributed by atoms with Crippen molar-refractivity contribution in [2.75, 3.05) is 26.3 Å². The van der Waals surface area contributed by atoms with Crippen LogP contribution in [0.15, 0.2) is 18.2 Å². The maximum absolute atomic E-state index is 5.59. The van der Waals surface area contributed by atoms with Crippen LogP contribution in [0.1, 0.15) is 31.7 Å². The Hall–Kier alpha value is -1.22. The summed E-state index contributed by atoms with van der Waals surface area (Å²) in [5.41, 5.74) is 1.35. The highest BCUT2D eigenvalue weighted by Gasteiger charge is 2.11. The molecule has 0 atom stereocenters. The minimum atomic E-state index is 0.663. The third-order valence-corrected chi connectivity index (χ3v) is 3.18. The highest BCUT2D eigenvalue weighted by atomic mass is 16.6. The number of benzene rings is 1. The molecule has 0 spiro atoms. The van der Waals surface area contributed by atoms with Gasteiger partial charge in [0.25, 0.3) is 0 Å². The molecule has 0 saturated heterocycles. The fraction of sp³-hybridized carbons (Fsp3) is 0.600. The topological polar surface area (TPSA) is 30.5 Å². The van der Waals surface area contributed by atoms with Crippen LogP contribution in [0.3, 0.4) is 0 Å². The lowest BCUT2D eigenvalue weighted by Crippen LogP contribution is -2.15. The van der Waals surface area contributed by atoms with Gasteiger partial charge in [0.15, 0.2) is 11.5 Å². The summed E-state index contributed by atoms with van der Waals surface area (Å²) in [6, 6.07) is 6.30. The zero-order valence-electron chi connectivity index (χ0n) is 11.2. The van der Waals surface area contributed by atoms with Gasteiger partial charge in [0.1, 0.15) is 13.2 Å². The zero-order chi connectivity index (χ0) is 12.6. The van der Waals surface area contributed by atoms with Crippen LogP contribution in [-0.2, 0) is 6.42 Å². The number of nitrogens with one attached hydrogen (secondary N) is 1. The van der Waals surface area contributed by atoms with Crippen molar-refractivity contribution in [3.05, 3.63) is 23.8 Å². The van der Waals surface area contributed by atoms with E-state index >= 15 is 0 Å². The van der Waals surface area contributed by atoms with Gasteiger partial charge in [-0.15, -0.1) is 0 Å². The third kappa shape index (κ3) is 3.91. The second kappa shape index (κ2) is 7.27. The Morgan fingerprint density at radius 1 is 1.06 bits per heavy atom. The van der Waals surface area contributed by atoms with Crippen molar-refractivity contribution in [3.63, 3.8) is 0 Å². The number of aryl methyl sites for hydroxylation is 1. The van der Waals surface area contributed by atoms with Gasteiger partial charge in [0.05, 0.1) is 0 Å². The van der Waals surface area contributed by atoms with Crippen LogP contribution in [0.25, 0.3) is 0 Å². The molecule has 1 aromatic carbocycles. The second-order valence-electron chi connectivity index (χ2n) is 4.64. The molecule has 3 nitrogen and oxygen atoms in total. The predicted octanol–water partition coefficient (Wildman–Crippen LogP) is 2.78. The van der Waals surface area contributed by atoms with E-state index < -0.39 is 0 Å². The fourth-order valence-corrected chi connectivity index (χ4v) is 2.18. The smallest absolute Gasteiger partial charge is 0.161 e. The number of hydrogen-bond donors (Lipinski definition) is 1. The Morgan fingerprint density at radius 3 is 2.72 bits per heavy atom. The van der Waals surface area contributed by atoms with Gasteiger partial charge < -0.3 is 14.8 Å². The van der Waals surface area contributed by atoms with Crippen LogP contribution in [0.4, 0.5) is 0 Å². The van der Waals surface area contributed by atoms with E-state index in [0.717, 1.165) is 31.0 Å². The minimum Gasteiger partial charge on any atom is -0.486 e. The first-order chi connectivity index (χ1) is 8.90. The van der Waals surface area contributed by atoms with Crippen LogP contribution in [0, 0.1) is 0 Å². The summed E-state index contributed by atoms with van der Waals surface area (Å²) in [5.74, 6) is 1.79. The molecule has 1 aliphatic rings. The minimum absolute atomic E-state index is 0.663. The van der Waals surface area contributed by atoms with Crippen molar-refractivity contribution < 1.29 is 9.47 Å². The molecule has 2 rings (SSSR count). The van der Waals surface area contributed by atoms with Gasteiger partial charge in [0.2, 0.25) is 0 Å². The first-order valence-corrected chi connectivity index (χ1v) is 6.99. The van der Waals surface area contributed by atoms with E-state index in [2.05, 4.69) is 24.4 Å². The largest absolute Gasteiger partial charge is 0.486 e. The normalized spacial score (nSPS) is 13.6. The lowest BCUT2D eigenvalue weighted by atomic mass is 10.1. The number of hydrogen-bond acceptors (Lipinski definition) is 3. The summed E-state index contributed by atoms with van der Waals surface area (Å²) in [4.78, 5) is 0. The molecule has 18 heavy (non-hydrogen) atoms. The van der Waals surface area contributed by atoms with Crippen LogP contribution in [0.2, 0.25) is 0 Å². The molecule has 0 fully saturated rings. The SMILES string of the molecule is CCNCCCCCc1ccc2c(c1)OCCO2. The van der Waals surface area contributed by atoms with Crippen molar-refractivity contribution in [3.8, 4) is 11.5 Å². The summed E-state index contributed by atoms with van der Waals surface area (Å²) in [7, 11) is 0. The number of fused-ring (bicyclic) bond motifs is 1. The molecule has 0 amide bonds. The monoisotopic (exact) mass is 249 g/mol. The standard InChI is InChI=1S/C15H23NO2/c1-2-16-9-5-3-4-6-13-7-8-14-15(12-13)18-11-10-17-14/h7-8,12,16H,2-6,9-11H2,1H3. The van der Waals surface area contributed by atoms with Crippen LogP contribution >= 0.6 is 0 Å². The number of unbranched alkanes of at least 4 members (excludes halogenated alkanes) is 2. The first kappa shape index (κ1) is 13.2. The Balaban J connectivity index is 1.72. The molecule has 100 valence electrons. The molecule has 0 radical (unpaired) electrons. The maximum Gasteiger partial charge on any atom is 0.161 e. The van der Waals surface area contributed by atoms with Crippen LogP contribution < -0.4 is 14.8 Å². The average Bonchev–Trinajstić information content (AvgIpc) is 2.42. The Labute approximate surface area is 109 Å². The summed E-state index contributed by atoms with van der Waals surface area (Å²) >= 11 is 0. The highest BCUT2D eigenvalue weighted by Crippen LogP contribution is 2.31. The van der Waals surface area contributed by atoms with Gasteiger partial charge in [-0.2, -0.15) is 0 Å². The molecular formula is C15H23NO2. The zero-order valence-corrected chi connectivity index (χ0v) is 11.2. The van der Waals surface area contributed by atoms with Gasteiger partial charge in [-0.3, -0.25) is 0 Å². The van der Waals surface area contributed by atoms with Crippen molar-refractivity contribution in [2.24, 2.45) is 0 Å². The molecule has 0 unspecified atom stereocenters. The van der Waals surface area contributed by atoms with E-state index in [1.54, 1.807) is 0 Å². The Morgan fingerprint density at radius 2 is 1.89 bits per heavy atom. The fourth-order valence-electron chi connectivity index (χ4n) is 2.18. The van der Waals surface area contributed by atoms with E-state index in [1.807, 2.05) is 6.07 Å². The molecular weight excluding hydrogens is 226 g/mol. The maximum atomic E-state index is 5.59. The molecule has 1 aliphatic heterocycles. The van der Waals surface area contributed by atoms with Gasteiger partial charge >= 0.3 is 0 Å². The van der Waals surface area contributed by atoms with E-state index in [0.29, 0.717) is 13.2 Å². The molecule has 0 bridgehead atoms.